The number of hydrogen-bond acceptors (Lipinski definition) is 9. The third kappa shape index (κ3) is 2.52. The smallest absolute Gasteiger partial charge is 0.167 e. The Kier molecular flexibility index (Phi) is 4.06. The van der Waals surface area contributed by atoms with E-state index in [1.54, 1.807) is 0 Å². The number of imidazole rings is 1. The van der Waals surface area contributed by atoms with Crippen LogP contribution in [0.25, 0.3) is 11.2 Å². The molecule has 10 heteroatoms. The summed E-state index contributed by atoms with van der Waals surface area (Å²) in [4.78, 5) is 12.8. The molecule has 4 heterocycles. The third-order valence-electron chi connectivity index (χ3n) is 4.42. The molecule has 0 saturated carbocycles. The van der Waals surface area contributed by atoms with Crippen molar-refractivity contribution >= 4 is 17.0 Å². The van der Waals surface area contributed by atoms with E-state index in [2.05, 4.69) is 20.3 Å². The van der Waals surface area contributed by atoms with Gasteiger partial charge in [0.25, 0.3) is 0 Å². The van der Waals surface area contributed by atoms with E-state index in [4.69, 9.17) is 9.47 Å². The van der Waals surface area contributed by atoms with Gasteiger partial charge in [0.1, 0.15) is 24.6 Å². The molecule has 2 aliphatic heterocycles. The van der Waals surface area contributed by atoms with Crippen LogP contribution in [-0.4, -0.2) is 79.0 Å². The quantitative estimate of drug-likeness (QED) is 0.533. The molecule has 2 aromatic rings. The largest absolute Gasteiger partial charge is 0.394 e. The second-order valence-electron chi connectivity index (χ2n) is 5.98. The summed E-state index contributed by atoms with van der Waals surface area (Å²) in [5, 5.41) is 32.6. The summed E-state index contributed by atoms with van der Waals surface area (Å²) in [6, 6.07) is 0.169. The normalized spacial score (nSPS) is 33.4. The molecule has 0 spiro atoms. The van der Waals surface area contributed by atoms with Gasteiger partial charge in [-0.05, 0) is 6.42 Å². The molecule has 24 heavy (non-hydrogen) atoms. The maximum atomic E-state index is 10.2. The molecule has 2 aromatic heterocycles. The van der Waals surface area contributed by atoms with Crippen LogP contribution in [0.15, 0.2) is 12.7 Å². The van der Waals surface area contributed by atoms with Gasteiger partial charge in [0.15, 0.2) is 23.2 Å². The van der Waals surface area contributed by atoms with Gasteiger partial charge in [-0.15, -0.1) is 0 Å². The van der Waals surface area contributed by atoms with Crippen molar-refractivity contribution in [3.63, 3.8) is 0 Å². The highest BCUT2D eigenvalue weighted by molar-refractivity contribution is 5.82. The number of anilines is 1. The molecule has 0 radical (unpaired) electrons. The molecule has 0 amide bonds. The predicted molar refractivity (Wildman–Crippen MR) is 81.2 cm³/mol. The van der Waals surface area contributed by atoms with E-state index in [0.29, 0.717) is 30.2 Å². The highest BCUT2D eigenvalue weighted by atomic mass is 16.6. The number of aromatic nitrogens is 4. The summed E-state index contributed by atoms with van der Waals surface area (Å²) in [7, 11) is 0. The maximum absolute atomic E-state index is 10.2. The van der Waals surface area contributed by atoms with Crippen LogP contribution in [-0.2, 0) is 9.47 Å². The fourth-order valence-corrected chi connectivity index (χ4v) is 3.10. The third-order valence-corrected chi connectivity index (χ3v) is 4.42. The van der Waals surface area contributed by atoms with Crippen LogP contribution >= 0.6 is 0 Å². The summed E-state index contributed by atoms with van der Waals surface area (Å²) >= 11 is 0. The number of hydrogen-bond donors (Lipinski definition) is 4. The van der Waals surface area contributed by atoms with Gasteiger partial charge in [-0.3, -0.25) is 4.57 Å². The van der Waals surface area contributed by atoms with Gasteiger partial charge in [-0.25, -0.2) is 15.0 Å². The van der Waals surface area contributed by atoms with E-state index in [1.807, 2.05) is 0 Å². The molecule has 2 fully saturated rings. The topological polar surface area (TPSA) is 135 Å². The van der Waals surface area contributed by atoms with Crippen LogP contribution in [0.1, 0.15) is 12.6 Å². The summed E-state index contributed by atoms with van der Waals surface area (Å²) in [6.45, 7) is 0.939. The Morgan fingerprint density at radius 1 is 1.25 bits per heavy atom. The maximum Gasteiger partial charge on any atom is 0.167 e. The van der Waals surface area contributed by atoms with E-state index >= 15 is 0 Å². The van der Waals surface area contributed by atoms with Crippen LogP contribution in [0.2, 0.25) is 0 Å². The molecule has 4 N–H and O–H groups in total. The van der Waals surface area contributed by atoms with Gasteiger partial charge in [-0.2, -0.15) is 0 Å². The molecule has 5 atom stereocenters. The fourth-order valence-electron chi connectivity index (χ4n) is 3.10. The minimum Gasteiger partial charge on any atom is -0.394 e. The molecule has 2 aliphatic rings. The van der Waals surface area contributed by atoms with Crippen LogP contribution in [0.4, 0.5) is 5.82 Å². The molecule has 0 aliphatic carbocycles. The average Bonchev–Trinajstić information content (AvgIpc) is 3.30. The van der Waals surface area contributed by atoms with E-state index in [9.17, 15) is 15.3 Å². The first-order chi connectivity index (χ1) is 11.7. The first-order valence-corrected chi connectivity index (χ1v) is 7.83. The van der Waals surface area contributed by atoms with E-state index in [-0.39, 0.29) is 12.6 Å². The standard InChI is InChI=1S/C14H19N5O5/c20-3-8-10(21)11(22)14(24-8)19-6-17-9-12(15-5-16-13(9)19)18-7-1-2-23-4-7/h5-8,10-11,14,20-22H,1-4H2,(H,15,16,18)/t7?,8-,10+,11+,14-/m1/s1. The zero-order valence-electron chi connectivity index (χ0n) is 12.8. The average molecular weight is 337 g/mol. The van der Waals surface area contributed by atoms with Gasteiger partial charge in [-0.1, -0.05) is 0 Å². The molecule has 2 saturated heterocycles. The number of aliphatic hydroxyl groups excluding tert-OH is 3. The number of fused-ring (bicyclic) bond motifs is 1. The highest BCUT2D eigenvalue weighted by Crippen LogP contribution is 2.32. The Balaban J connectivity index is 1.65. The van der Waals surface area contributed by atoms with Crippen molar-refractivity contribution in [3.05, 3.63) is 12.7 Å². The van der Waals surface area contributed by atoms with Crippen LogP contribution in [0.5, 0.6) is 0 Å². The van der Waals surface area contributed by atoms with Crippen molar-refractivity contribution in [1.82, 2.24) is 19.5 Å². The first-order valence-electron chi connectivity index (χ1n) is 7.83. The van der Waals surface area contributed by atoms with E-state index < -0.39 is 24.5 Å². The van der Waals surface area contributed by atoms with Crippen molar-refractivity contribution < 1.29 is 24.8 Å². The van der Waals surface area contributed by atoms with Crippen LogP contribution < -0.4 is 5.32 Å². The van der Waals surface area contributed by atoms with E-state index in [0.717, 1.165) is 6.42 Å². The highest BCUT2D eigenvalue weighted by Gasteiger charge is 2.44. The number of nitrogens with one attached hydrogen (secondary N) is 1. The SMILES string of the molecule is OC[C@H]1O[C@@H](n2cnc3c(NC4CCOC4)ncnc32)[C@@H](O)[C@H]1O. The predicted octanol–water partition coefficient (Wildman–Crippen LogP) is -1.36. The summed E-state index contributed by atoms with van der Waals surface area (Å²) < 4.78 is 12.4. The van der Waals surface area contributed by atoms with Gasteiger partial charge in [0.2, 0.25) is 0 Å². The fraction of sp³-hybridized carbons (Fsp3) is 0.643. The second kappa shape index (κ2) is 6.22. The molecule has 1 unspecified atom stereocenters. The van der Waals surface area contributed by atoms with Crippen molar-refractivity contribution in [1.29, 1.82) is 0 Å². The molecule has 0 bridgehead atoms. The molecule has 130 valence electrons. The lowest BCUT2D eigenvalue weighted by Gasteiger charge is -2.16. The van der Waals surface area contributed by atoms with Gasteiger partial charge in [0, 0.05) is 6.61 Å². The Morgan fingerprint density at radius 2 is 2.12 bits per heavy atom. The van der Waals surface area contributed by atoms with Crippen LogP contribution in [0.3, 0.4) is 0 Å². The molecular formula is C14H19N5O5. The molecule has 4 rings (SSSR count). The van der Waals surface area contributed by atoms with Crippen molar-refractivity contribution in [2.75, 3.05) is 25.1 Å². The molecular weight excluding hydrogens is 318 g/mol. The minimum atomic E-state index is -1.19. The van der Waals surface area contributed by atoms with Gasteiger partial charge >= 0.3 is 0 Å². The van der Waals surface area contributed by atoms with Crippen LogP contribution in [0, 0.1) is 0 Å². The van der Waals surface area contributed by atoms with Crippen molar-refractivity contribution in [3.8, 4) is 0 Å². The van der Waals surface area contributed by atoms with E-state index in [1.165, 1.54) is 17.2 Å². The molecule has 0 aromatic carbocycles. The monoisotopic (exact) mass is 337 g/mol. The Labute approximate surface area is 137 Å². The zero-order valence-corrected chi connectivity index (χ0v) is 12.8. The summed E-state index contributed by atoms with van der Waals surface area (Å²) in [5.74, 6) is 0.584. The number of ether oxygens (including phenoxy) is 2. The lowest BCUT2D eigenvalue weighted by atomic mass is 10.1. The minimum absolute atomic E-state index is 0.169. The van der Waals surface area contributed by atoms with Gasteiger partial charge < -0.3 is 30.1 Å². The Morgan fingerprint density at radius 3 is 2.83 bits per heavy atom. The second-order valence-corrected chi connectivity index (χ2v) is 5.98. The first kappa shape index (κ1) is 15.7. The lowest BCUT2D eigenvalue weighted by molar-refractivity contribution is -0.0511. The number of nitrogens with zero attached hydrogens (tertiary/aromatic N) is 4. The number of rotatable bonds is 4. The number of aliphatic hydroxyl groups is 3. The Hall–Kier alpha value is -1.85. The summed E-state index contributed by atoms with van der Waals surface area (Å²) in [5.41, 5.74) is 1.02. The Bertz CT molecular complexity index is 719. The lowest BCUT2D eigenvalue weighted by Crippen LogP contribution is -2.33. The zero-order chi connectivity index (χ0) is 16.7. The summed E-state index contributed by atoms with van der Waals surface area (Å²) in [6.07, 6.45) is -0.310. The van der Waals surface area contributed by atoms with Crippen molar-refractivity contribution in [2.45, 2.75) is 37.0 Å². The van der Waals surface area contributed by atoms with Crippen molar-refractivity contribution in [2.24, 2.45) is 0 Å². The van der Waals surface area contributed by atoms with Gasteiger partial charge in [0.05, 0.1) is 25.6 Å². The molecule has 10 nitrogen and oxygen atoms in total.